The largest absolute Gasteiger partial charge is 0.480 e. The molecule has 1 fully saturated rings. The molecule has 40 heavy (non-hydrogen) atoms. The average molecular weight is 601 g/mol. The summed E-state index contributed by atoms with van der Waals surface area (Å²) in [5, 5.41) is 12.7. The molecule has 1 saturated heterocycles. The highest BCUT2D eigenvalue weighted by atomic mass is 35.5. The minimum atomic E-state index is -4.77. The first-order valence-corrected chi connectivity index (χ1v) is 13.0. The number of nitrogens with one attached hydrogen (secondary N) is 1. The van der Waals surface area contributed by atoms with E-state index in [0.717, 1.165) is 5.57 Å². The van der Waals surface area contributed by atoms with E-state index in [1.807, 2.05) is 12.2 Å². The zero-order chi connectivity index (χ0) is 27.8. The normalized spacial score (nSPS) is 23.6. The van der Waals surface area contributed by atoms with Crippen molar-refractivity contribution < 1.29 is 32.5 Å². The highest BCUT2D eigenvalue weighted by Crippen LogP contribution is 2.45. The number of allylic oxidation sites excluding steroid dienone is 2. The fraction of sp³-hybridized carbons (Fsp3) is 0.444. The van der Waals surface area contributed by atoms with E-state index in [4.69, 9.17) is 26.8 Å². The summed E-state index contributed by atoms with van der Waals surface area (Å²) in [6.07, 6.45) is -0.313. The Bertz CT molecular complexity index is 1340. The van der Waals surface area contributed by atoms with Crippen molar-refractivity contribution in [2.45, 2.75) is 50.4 Å². The van der Waals surface area contributed by atoms with Crippen LogP contribution in [0.25, 0.3) is 11.1 Å². The highest BCUT2D eigenvalue weighted by molar-refractivity contribution is 6.30. The molecular formula is C27H29Cl2F3N4O4. The first-order valence-electron chi connectivity index (χ1n) is 12.6. The smallest absolute Gasteiger partial charge is 0.429 e. The lowest BCUT2D eigenvalue weighted by atomic mass is 9.73. The molecule has 1 aromatic heterocycles. The maximum Gasteiger partial charge on any atom is 0.429 e. The second-order valence-corrected chi connectivity index (χ2v) is 10.6. The fourth-order valence-corrected chi connectivity index (χ4v) is 5.66. The van der Waals surface area contributed by atoms with Gasteiger partial charge >= 0.3 is 12.1 Å². The highest BCUT2D eigenvalue weighted by Gasteiger charge is 2.45. The van der Waals surface area contributed by atoms with Crippen molar-refractivity contribution >= 4 is 47.1 Å². The van der Waals surface area contributed by atoms with Crippen LogP contribution in [0.1, 0.15) is 55.0 Å². The van der Waals surface area contributed by atoms with Gasteiger partial charge in [0.2, 0.25) is 17.9 Å². The maximum atomic E-state index is 14.4. The molecule has 216 valence electrons. The van der Waals surface area contributed by atoms with Crippen molar-refractivity contribution in [3.05, 3.63) is 58.3 Å². The third kappa shape index (κ3) is 6.54. The summed E-state index contributed by atoms with van der Waals surface area (Å²) < 4.78 is 54.2. The third-order valence-electron chi connectivity index (χ3n) is 7.50. The number of aliphatic carboxylic acids is 1. The number of ether oxygens (including phenoxy) is 2. The van der Waals surface area contributed by atoms with Gasteiger partial charge in [0.15, 0.2) is 0 Å². The minimum Gasteiger partial charge on any atom is -0.480 e. The standard InChI is InChI=1S/C27H28ClF3N4O4.ClH/c28-17-3-4-18(19(10-17)16-2-1-9-38-13-16)23(27(29,30)31)39-22-11-20(34-25(32)35-22)15-5-7-26(8-6-15)12-21(24(36)37)33-14-26;/h2-5,10-11,21,23,33H,1,6-9,12-14H2,(H,36,37)(H2,32,34,35);1H. The van der Waals surface area contributed by atoms with Crippen molar-refractivity contribution in [2.75, 3.05) is 25.5 Å². The molecule has 0 radical (unpaired) electrons. The van der Waals surface area contributed by atoms with Gasteiger partial charge in [-0.05, 0) is 66.4 Å². The first-order chi connectivity index (χ1) is 18.5. The van der Waals surface area contributed by atoms with Crippen molar-refractivity contribution in [1.29, 1.82) is 0 Å². The number of benzene rings is 1. The topological polar surface area (TPSA) is 120 Å². The third-order valence-corrected chi connectivity index (χ3v) is 7.74. The molecule has 3 atom stereocenters. The van der Waals surface area contributed by atoms with Gasteiger partial charge in [0, 0.05) is 23.2 Å². The first kappa shape index (κ1) is 30.1. The molecule has 1 spiro atoms. The predicted molar refractivity (Wildman–Crippen MR) is 146 cm³/mol. The van der Waals surface area contributed by atoms with Crippen LogP contribution in [0.2, 0.25) is 5.02 Å². The Morgan fingerprint density at radius 3 is 2.67 bits per heavy atom. The zero-order valence-corrected chi connectivity index (χ0v) is 22.9. The molecule has 5 rings (SSSR count). The molecular weight excluding hydrogens is 572 g/mol. The number of rotatable bonds is 6. The van der Waals surface area contributed by atoms with Gasteiger partial charge in [-0.2, -0.15) is 18.2 Å². The molecule has 0 amide bonds. The SMILES string of the molecule is Cl.Nc1nc(OC(c2ccc(Cl)cc2C2=CCCOC2)C(F)(F)F)cc(C2=CCC3(CC2)CNC(C(=O)O)C3)n1. The zero-order valence-electron chi connectivity index (χ0n) is 21.3. The van der Waals surface area contributed by atoms with E-state index in [9.17, 15) is 23.1 Å². The summed E-state index contributed by atoms with van der Waals surface area (Å²) >= 11 is 6.14. The van der Waals surface area contributed by atoms with Crippen molar-refractivity contribution in [1.82, 2.24) is 15.3 Å². The van der Waals surface area contributed by atoms with Gasteiger partial charge in [-0.3, -0.25) is 4.79 Å². The Balaban J connectivity index is 0.00000370. The predicted octanol–water partition coefficient (Wildman–Crippen LogP) is 5.62. The van der Waals surface area contributed by atoms with Gasteiger partial charge in [-0.15, -0.1) is 12.4 Å². The van der Waals surface area contributed by atoms with Crippen LogP contribution in [-0.4, -0.2) is 53.0 Å². The van der Waals surface area contributed by atoms with Gasteiger partial charge in [-0.25, -0.2) is 4.98 Å². The number of nitrogen functional groups attached to an aromatic ring is 1. The van der Waals surface area contributed by atoms with E-state index in [2.05, 4.69) is 15.3 Å². The van der Waals surface area contributed by atoms with E-state index < -0.39 is 24.3 Å². The van der Waals surface area contributed by atoms with Crippen molar-refractivity contribution in [2.24, 2.45) is 5.41 Å². The fourth-order valence-electron chi connectivity index (χ4n) is 5.49. The minimum absolute atomic E-state index is 0. The number of carboxylic acid groups (broad SMARTS) is 1. The van der Waals surface area contributed by atoms with E-state index >= 15 is 0 Å². The van der Waals surface area contributed by atoms with Gasteiger partial charge in [0.1, 0.15) is 6.04 Å². The number of aromatic nitrogens is 2. The Hall–Kier alpha value is -2.86. The number of nitrogens with two attached hydrogens (primary N) is 1. The molecule has 1 aromatic carbocycles. The Morgan fingerprint density at radius 1 is 1.25 bits per heavy atom. The van der Waals surface area contributed by atoms with Gasteiger partial charge in [0.05, 0.1) is 18.9 Å². The van der Waals surface area contributed by atoms with Crippen LogP contribution in [0.5, 0.6) is 5.88 Å². The Morgan fingerprint density at radius 2 is 2.05 bits per heavy atom. The van der Waals surface area contributed by atoms with Crippen LogP contribution in [0.4, 0.5) is 19.1 Å². The van der Waals surface area contributed by atoms with Crippen LogP contribution >= 0.6 is 24.0 Å². The number of anilines is 1. The second kappa shape index (κ2) is 11.9. The summed E-state index contributed by atoms with van der Waals surface area (Å²) in [7, 11) is 0. The number of carbonyl (C=O) groups is 1. The van der Waals surface area contributed by atoms with E-state index in [-0.39, 0.29) is 41.8 Å². The summed E-state index contributed by atoms with van der Waals surface area (Å²) in [5.74, 6) is -1.38. The molecule has 2 aromatic rings. The molecule has 0 saturated carbocycles. The van der Waals surface area contributed by atoms with Gasteiger partial charge in [-0.1, -0.05) is 29.8 Å². The van der Waals surface area contributed by atoms with E-state index in [1.54, 1.807) is 0 Å². The molecule has 1 aliphatic carbocycles. The number of nitrogens with zero attached hydrogens (tertiary/aromatic N) is 2. The molecule has 8 nitrogen and oxygen atoms in total. The molecule has 0 bridgehead atoms. The average Bonchev–Trinajstić information content (AvgIpc) is 3.31. The van der Waals surface area contributed by atoms with Crippen LogP contribution < -0.4 is 15.8 Å². The Labute approximate surface area is 240 Å². The number of hydrogen-bond donors (Lipinski definition) is 3. The van der Waals surface area contributed by atoms with Gasteiger partial charge in [0.25, 0.3) is 0 Å². The molecule has 3 unspecified atom stereocenters. The van der Waals surface area contributed by atoms with Crippen molar-refractivity contribution in [3.63, 3.8) is 0 Å². The summed E-state index contributed by atoms with van der Waals surface area (Å²) in [6, 6.07) is 4.96. The number of hydrogen-bond acceptors (Lipinski definition) is 7. The van der Waals surface area contributed by atoms with E-state index in [0.29, 0.717) is 67.1 Å². The quantitative estimate of drug-likeness (QED) is 0.391. The second-order valence-electron chi connectivity index (χ2n) is 10.2. The summed E-state index contributed by atoms with van der Waals surface area (Å²) in [4.78, 5) is 19.5. The van der Waals surface area contributed by atoms with E-state index in [1.165, 1.54) is 24.3 Å². The number of carboxylic acids is 1. The molecule has 13 heteroatoms. The van der Waals surface area contributed by atoms with Crippen LogP contribution in [0.15, 0.2) is 36.4 Å². The lowest BCUT2D eigenvalue weighted by Crippen LogP contribution is -2.30. The number of halogens is 5. The Kier molecular flexibility index (Phi) is 8.99. The van der Waals surface area contributed by atoms with Crippen LogP contribution in [0, 0.1) is 5.41 Å². The van der Waals surface area contributed by atoms with Crippen molar-refractivity contribution in [3.8, 4) is 5.88 Å². The molecule has 4 N–H and O–H groups in total. The molecule has 3 aliphatic rings. The lowest BCUT2D eigenvalue weighted by molar-refractivity contribution is -0.198. The maximum absolute atomic E-state index is 14.4. The number of alkyl halides is 3. The monoisotopic (exact) mass is 600 g/mol. The summed E-state index contributed by atoms with van der Waals surface area (Å²) in [6.45, 7) is 1.25. The molecule has 2 aliphatic heterocycles. The summed E-state index contributed by atoms with van der Waals surface area (Å²) in [5.41, 5.74) is 7.71. The van der Waals surface area contributed by atoms with Gasteiger partial charge < -0.3 is 25.6 Å². The van der Waals surface area contributed by atoms with Crippen LogP contribution in [0.3, 0.4) is 0 Å². The lowest BCUT2D eigenvalue weighted by Gasteiger charge is -2.32. The van der Waals surface area contributed by atoms with Crippen LogP contribution in [-0.2, 0) is 9.53 Å². The molecule has 3 heterocycles.